The molecule has 4 heteroatoms. The van der Waals surface area contributed by atoms with Crippen LogP contribution in [0.2, 0.25) is 0 Å². The summed E-state index contributed by atoms with van der Waals surface area (Å²) in [5.74, 6) is 0. The molecule has 0 radical (unpaired) electrons. The summed E-state index contributed by atoms with van der Waals surface area (Å²) < 4.78 is 0. The number of rotatable bonds is 9. The minimum Gasteiger partial charge on any atom is -0.395 e. The van der Waals surface area contributed by atoms with Crippen LogP contribution in [0, 0.1) is 0 Å². The van der Waals surface area contributed by atoms with Gasteiger partial charge in [-0.05, 0) is 45.9 Å². The fraction of sp³-hybridized carbons (Fsp3) is 1.00. The van der Waals surface area contributed by atoms with Crippen molar-refractivity contribution >= 4 is 0 Å². The fourth-order valence-corrected chi connectivity index (χ4v) is 3.04. The third-order valence-electron chi connectivity index (χ3n) is 4.08. The highest BCUT2D eigenvalue weighted by Gasteiger charge is 2.24. The largest absolute Gasteiger partial charge is 0.395 e. The van der Waals surface area contributed by atoms with E-state index in [1.807, 2.05) is 0 Å². The van der Waals surface area contributed by atoms with Crippen LogP contribution in [0.5, 0.6) is 0 Å². The molecule has 2 unspecified atom stereocenters. The van der Waals surface area contributed by atoms with Crippen molar-refractivity contribution in [2.75, 3.05) is 39.8 Å². The summed E-state index contributed by atoms with van der Waals surface area (Å²) in [5, 5.41) is 12.8. The van der Waals surface area contributed by atoms with Gasteiger partial charge in [0.1, 0.15) is 0 Å². The number of likely N-dealkylation sites (N-methyl/N-ethyl adjacent to an activating group) is 2. The molecule has 19 heavy (non-hydrogen) atoms. The second-order valence-electron chi connectivity index (χ2n) is 6.18. The first-order valence-corrected chi connectivity index (χ1v) is 7.86. The summed E-state index contributed by atoms with van der Waals surface area (Å²) in [4.78, 5) is 5.01. The molecule has 1 saturated heterocycles. The van der Waals surface area contributed by atoms with Gasteiger partial charge in [0, 0.05) is 24.7 Å². The zero-order valence-corrected chi connectivity index (χ0v) is 13.2. The smallest absolute Gasteiger partial charge is 0.0585 e. The molecule has 0 bridgehead atoms. The van der Waals surface area contributed by atoms with Gasteiger partial charge in [0.2, 0.25) is 0 Å². The first-order valence-electron chi connectivity index (χ1n) is 7.86. The van der Waals surface area contributed by atoms with E-state index >= 15 is 0 Å². The summed E-state index contributed by atoms with van der Waals surface area (Å²) in [5.41, 5.74) is 0. The lowest BCUT2D eigenvalue weighted by Crippen LogP contribution is -2.42. The highest BCUT2D eigenvalue weighted by Crippen LogP contribution is 2.17. The van der Waals surface area contributed by atoms with E-state index in [0.29, 0.717) is 6.04 Å². The van der Waals surface area contributed by atoms with Gasteiger partial charge in [-0.1, -0.05) is 20.8 Å². The fourth-order valence-electron chi connectivity index (χ4n) is 3.04. The van der Waals surface area contributed by atoms with Crippen molar-refractivity contribution in [3.63, 3.8) is 0 Å². The molecule has 1 fully saturated rings. The first-order chi connectivity index (χ1) is 9.06. The number of aliphatic hydroxyl groups is 1. The third-order valence-corrected chi connectivity index (χ3v) is 4.08. The molecular formula is C15H33N3O. The van der Waals surface area contributed by atoms with Crippen LogP contribution in [0.3, 0.4) is 0 Å². The van der Waals surface area contributed by atoms with Crippen LogP contribution in [-0.2, 0) is 0 Å². The lowest BCUT2D eigenvalue weighted by Gasteiger charge is -2.29. The van der Waals surface area contributed by atoms with Crippen LogP contribution in [0.15, 0.2) is 0 Å². The molecule has 0 aliphatic carbocycles. The minimum absolute atomic E-state index is 0.230. The molecule has 0 aromatic carbocycles. The summed E-state index contributed by atoms with van der Waals surface area (Å²) in [7, 11) is 2.20. The Morgan fingerprint density at radius 3 is 2.74 bits per heavy atom. The monoisotopic (exact) mass is 271 g/mol. The zero-order chi connectivity index (χ0) is 14.3. The van der Waals surface area contributed by atoms with Crippen molar-refractivity contribution in [1.29, 1.82) is 0 Å². The van der Waals surface area contributed by atoms with Crippen LogP contribution >= 0.6 is 0 Å². The Bertz CT molecular complexity index is 235. The number of likely N-dealkylation sites (tertiary alicyclic amines) is 1. The van der Waals surface area contributed by atoms with Crippen LogP contribution < -0.4 is 5.32 Å². The molecular weight excluding hydrogens is 238 g/mol. The molecule has 0 amide bonds. The molecule has 1 rings (SSSR count). The van der Waals surface area contributed by atoms with E-state index in [-0.39, 0.29) is 12.6 Å². The van der Waals surface area contributed by atoms with Crippen molar-refractivity contribution in [3.8, 4) is 0 Å². The third kappa shape index (κ3) is 6.21. The Labute approximate surface area is 119 Å². The van der Waals surface area contributed by atoms with Crippen molar-refractivity contribution in [1.82, 2.24) is 15.1 Å². The maximum Gasteiger partial charge on any atom is 0.0585 e. The molecule has 4 nitrogen and oxygen atoms in total. The molecule has 2 N–H and O–H groups in total. The molecule has 0 aromatic heterocycles. The Balaban J connectivity index is 2.24. The van der Waals surface area contributed by atoms with E-state index in [9.17, 15) is 5.11 Å². The van der Waals surface area contributed by atoms with Gasteiger partial charge < -0.3 is 15.3 Å². The number of hydrogen-bond acceptors (Lipinski definition) is 4. The van der Waals surface area contributed by atoms with Gasteiger partial charge in [0.05, 0.1) is 6.61 Å². The predicted molar refractivity (Wildman–Crippen MR) is 81.5 cm³/mol. The van der Waals surface area contributed by atoms with Crippen LogP contribution in [0.4, 0.5) is 0 Å². The van der Waals surface area contributed by atoms with E-state index in [1.165, 1.54) is 25.9 Å². The topological polar surface area (TPSA) is 38.7 Å². The van der Waals surface area contributed by atoms with Gasteiger partial charge in [0.15, 0.2) is 0 Å². The number of aliphatic hydroxyl groups excluding tert-OH is 1. The Hall–Kier alpha value is -0.160. The quantitative estimate of drug-likeness (QED) is 0.660. The molecule has 2 atom stereocenters. The molecule has 1 aliphatic heterocycles. The van der Waals surface area contributed by atoms with Gasteiger partial charge >= 0.3 is 0 Å². The average molecular weight is 271 g/mol. The lowest BCUT2D eigenvalue weighted by molar-refractivity contribution is 0.179. The van der Waals surface area contributed by atoms with Crippen LogP contribution in [0.1, 0.15) is 40.0 Å². The number of nitrogens with zero attached hydrogens (tertiary/aromatic N) is 2. The standard InChI is InChI=1S/C15H33N3O/c1-5-18-9-6-7-15(18)11-17(4)10-8-14(12-19)16-13(2)3/h13-16,19H,5-12H2,1-4H3. The molecule has 114 valence electrons. The molecule has 0 saturated carbocycles. The van der Waals surface area contributed by atoms with E-state index < -0.39 is 0 Å². The molecule has 1 aliphatic rings. The number of hydrogen-bond donors (Lipinski definition) is 2. The van der Waals surface area contributed by atoms with Gasteiger partial charge in [-0.2, -0.15) is 0 Å². The van der Waals surface area contributed by atoms with Crippen molar-refractivity contribution in [3.05, 3.63) is 0 Å². The van der Waals surface area contributed by atoms with E-state index in [1.54, 1.807) is 0 Å². The van der Waals surface area contributed by atoms with Gasteiger partial charge in [-0.15, -0.1) is 0 Å². The zero-order valence-electron chi connectivity index (χ0n) is 13.2. The predicted octanol–water partition coefficient (Wildman–Crippen LogP) is 1.15. The van der Waals surface area contributed by atoms with Crippen molar-refractivity contribution < 1.29 is 5.11 Å². The van der Waals surface area contributed by atoms with Gasteiger partial charge in [-0.3, -0.25) is 4.90 Å². The maximum absolute atomic E-state index is 9.36. The van der Waals surface area contributed by atoms with Crippen molar-refractivity contribution in [2.45, 2.75) is 58.2 Å². The van der Waals surface area contributed by atoms with Gasteiger partial charge in [-0.25, -0.2) is 0 Å². The normalized spacial score (nSPS) is 22.6. The van der Waals surface area contributed by atoms with Crippen molar-refractivity contribution in [2.24, 2.45) is 0 Å². The Morgan fingerprint density at radius 1 is 1.42 bits per heavy atom. The summed E-state index contributed by atoms with van der Waals surface area (Å²) in [6.45, 7) is 11.4. The average Bonchev–Trinajstić information content (AvgIpc) is 2.81. The number of nitrogens with one attached hydrogen (secondary N) is 1. The first kappa shape index (κ1) is 16.9. The highest BCUT2D eigenvalue weighted by atomic mass is 16.3. The lowest BCUT2D eigenvalue weighted by atomic mass is 10.1. The molecule has 0 spiro atoms. The second-order valence-corrected chi connectivity index (χ2v) is 6.18. The summed E-state index contributed by atoms with van der Waals surface area (Å²) in [6.07, 6.45) is 3.70. The molecule has 0 aromatic rings. The SMILES string of the molecule is CCN1CCCC1CN(C)CCC(CO)NC(C)C. The van der Waals surface area contributed by atoms with Crippen LogP contribution in [0.25, 0.3) is 0 Å². The maximum atomic E-state index is 9.36. The minimum atomic E-state index is 0.230. The van der Waals surface area contributed by atoms with Gasteiger partial charge in [0.25, 0.3) is 0 Å². The summed E-state index contributed by atoms with van der Waals surface area (Å²) in [6, 6.07) is 1.40. The van der Waals surface area contributed by atoms with E-state index in [2.05, 4.69) is 42.9 Å². The van der Waals surface area contributed by atoms with E-state index in [0.717, 1.165) is 25.6 Å². The second kappa shape index (κ2) is 8.90. The van der Waals surface area contributed by atoms with Crippen LogP contribution in [-0.4, -0.2) is 72.9 Å². The highest BCUT2D eigenvalue weighted by molar-refractivity contribution is 4.81. The Morgan fingerprint density at radius 2 is 2.16 bits per heavy atom. The van der Waals surface area contributed by atoms with E-state index in [4.69, 9.17) is 0 Å². The Kier molecular flexibility index (Phi) is 7.91. The summed E-state index contributed by atoms with van der Waals surface area (Å²) >= 11 is 0. The molecule has 1 heterocycles.